The highest BCUT2D eigenvalue weighted by molar-refractivity contribution is 5.57. The number of hydrogen-bond donors (Lipinski definition) is 1. The van der Waals surface area contributed by atoms with Crippen LogP contribution in [0.25, 0.3) is 11.4 Å². The molecule has 0 unspecified atom stereocenters. The van der Waals surface area contributed by atoms with Gasteiger partial charge < -0.3 is 14.4 Å². The molecule has 3 aromatic rings. The van der Waals surface area contributed by atoms with Gasteiger partial charge in [-0.3, -0.25) is 4.90 Å². The number of nitrogens with zero attached hydrogens (tertiary/aromatic N) is 3. The van der Waals surface area contributed by atoms with E-state index in [-0.39, 0.29) is 11.5 Å². The number of aromatic nitrogens is 2. The minimum absolute atomic E-state index is 0.0307. The van der Waals surface area contributed by atoms with Crippen molar-refractivity contribution >= 4 is 6.16 Å². The molecule has 0 spiro atoms. The Morgan fingerprint density at radius 1 is 1.16 bits per heavy atom. The fraction of sp³-hybridized carbons (Fsp3) is 0.375. The van der Waals surface area contributed by atoms with Crippen molar-refractivity contribution in [3.63, 3.8) is 0 Å². The first-order valence-electron chi connectivity index (χ1n) is 10.5. The smallest absolute Gasteiger partial charge is 0.450 e. The maximum atomic E-state index is 10.5. The summed E-state index contributed by atoms with van der Waals surface area (Å²) in [5.74, 6) is 1.24. The topological polar surface area (TPSA) is 88.7 Å². The second-order valence-electron chi connectivity index (χ2n) is 8.66. The van der Waals surface area contributed by atoms with Gasteiger partial charge in [-0.05, 0) is 23.0 Å². The summed E-state index contributed by atoms with van der Waals surface area (Å²) in [5, 5.41) is 12.8. The molecule has 0 aliphatic carbocycles. The molecule has 1 aliphatic heterocycles. The van der Waals surface area contributed by atoms with Gasteiger partial charge in [-0.15, -0.1) is 0 Å². The van der Waals surface area contributed by atoms with Crippen LogP contribution in [0.15, 0.2) is 59.1 Å². The number of aryl methyl sites for hydroxylation is 1. The van der Waals surface area contributed by atoms with Crippen molar-refractivity contribution in [2.24, 2.45) is 0 Å². The van der Waals surface area contributed by atoms with E-state index in [1.165, 1.54) is 5.56 Å². The van der Waals surface area contributed by atoms with Crippen molar-refractivity contribution in [3.05, 3.63) is 71.6 Å². The normalized spacial score (nSPS) is 14.9. The number of rotatable bonds is 8. The molecule has 1 saturated heterocycles. The molecule has 0 amide bonds. The van der Waals surface area contributed by atoms with E-state index in [4.69, 9.17) is 14.4 Å². The fourth-order valence-electron chi connectivity index (χ4n) is 3.81. The van der Waals surface area contributed by atoms with Crippen LogP contribution in [-0.4, -0.2) is 45.5 Å². The molecule has 0 atom stereocenters. The van der Waals surface area contributed by atoms with Crippen molar-refractivity contribution in [2.75, 3.05) is 13.1 Å². The molecule has 7 heteroatoms. The van der Waals surface area contributed by atoms with Gasteiger partial charge in [0.1, 0.15) is 6.10 Å². The first-order chi connectivity index (χ1) is 14.9. The third kappa shape index (κ3) is 5.30. The van der Waals surface area contributed by atoms with Gasteiger partial charge in [0.25, 0.3) is 0 Å². The molecular weight excluding hydrogens is 394 g/mol. The minimum atomic E-state index is -1.21. The number of carbonyl (C=O) groups is 1. The van der Waals surface area contributed by atoms with Crippen molar-refractivity contribution in [1.29, 1.82) is 0 Å². The van der Waals surface area contributed by atoms with Crippen LogP contribution in [0.3, 0.4) is 0 Å². The molecule has 1 N–H and O–H groups in total. The summed E-state index contributed by atoms with van der Waals surface area (Å²) in [4.78, 5) is 17.3. The Hall–Kier alpha value is -3.19. The lowest BCUT2D eigenvalue weighted by Gasteiger charge is -2.37. The number of hydrogen-bond acceptors (Lipinski definition) is 6. The molecule has 2 aromatic carbocycles. The molecule has 0 saturated carbocycles. The van der Waals surface area contributed by atoms with Crippen LogP contribution in [0.1, 0.15) is 37.3 Å². The summed E-state index contributed by atoms with van der Waals surface area (Å²) >= 11 is 0. The fourth-order valence-corrected chi connectivity index (χ4v) is 3.81. The van der Waals surface area contributed by atoms with Crippen molar-refractivity contribution < 1.29 is 19.2 Å². The van der Waals surface area contributed by atoms with Gasteiger partial charge in [0.15, 0.2) is 0 Å². The van der Waals surface area contributed by atoms with E-state index in [1.807, 2.05) is 30.3 Å². The highest BCUT2D eigenvalue weighted by Gasteiger charge is 2.29. The molecule has 1 aromatic heterocycles. The predicted octanol–water partition coefficient (Wildman–Crippen LogP) is 4.53. The largest absolute Gasteiger partial charge is 0.506 e. The average molecular weight is 421 g/mol. The van der Waals surface area contributed by atoms with E-state index in [1.54, 1.807) is 0 Å². The van der Waals surface area contributed by atoms with Crippen LogP contribution in [0.4, 0.5) is 4.79 Å². The lowest BCUT2D eigenvalue weighted by atomic mass is 9.80. The van der Waals surface area contributed by atoms with Gasteiger partial charge in [0, 0.05) is 31.6 Å². The van der Waals surface area contributed by atoms with Crippen LogP contribution >= 0.6 is 0 Å². The van der Waals surface area contributed by atoms with Gasteiger partial charge in [0.05, 0.1) is 0 Å². The molecule has 162 valence electrons. The zero-order chi connectivity index (χ0) is 21.8. The van der Waals surface area contributed by atoms with Gasteiger partial charge in [-0.25, -0.2) is 4.79 Å². The first-order valence-corrected chi connectivity index (χ1v) is 10.5. The van der Waals surface area contributed by atoms with Gasteiger partial charge in [0.2, 0.25) is 11.7 Å². The lowest BCUT2D eigenvalue weighted by molar-refractivity contribution is -0.0363. The highest BCUT2D eigenvalue weighted by Crippen LogP contribution is 2.28. The van der Waals surface area contributed by atoms with E-state index in [0.29, 0.717) is 24.8 Å². The Bertz CT molecular complexity index is 1010. The molecular formula is C24H27N3O4. The first kappa shape index (κ1) is 21.1. The van der Waals surface area contributed by atoms with Crippen LogP contribution in [0.5, 0.6) is 0 Å². The van der Waals surface area contributed by atoms with Gasteiger partial charge in [-0.1, -0.05) is 73.6 Å². The maximum absolute atomic E-state index is 10.5. The zero-order valence-electron chi connectivity index (χ0n) is 17.8. The van der Waals surface area contributed by atoms with Gasteiger partial charge in [-0.2, -0.15) is 4.98 Å². The molecule has 2 heterocycles. The van der Waals surface area contributed by atoms with Crippen LogP contribution < -0.4 is 0 Å². The lowest BCUT2D eigenvalue weighted by Crippen LogP contribution is -2.52. The minimum Gasteiger partial charge on any atom is -0.450 e. The zero-order valence-corrected chi connectivity index (χ0v) is 17.8. The standard InChI is InChI=1S/C24H27N3O4/c1-24(2,19-6-4-3-5-7-19)13-12-21-25-22(26-31-21)18-10-8-17(9-11-18)14-27-15-20(16-27)30-23(28)29/h3-11,20H,12-16H2,1-2H3,(H,28,29). The third-order valence-corrected chi connectivity index (χ3v) is 5.80. The molecule has 4 rings (SSSR count). The molecule has 1 fully saturated rings. The van der Waals surface area contributed by atoms with E-state index >= 15 is 0 Å². The van der Waals surface area contributed by atoms with E-state index in [9.17, 15) is 4.79 Å². The SMILES string of the molecule is CC(C)(CCc1nc(-c2ccc(CN3CC(OC(=O)O)C3)cc2)no1)c1ccccc1. The van der Waals surface area contributed by atoms with Crippen LogP contribution in [0.2, 0.25) is 0 Å². The Morgan fingerprint density at radius 2 is 1.87 bits per heavy atom. The summed E-state index contributed by atoms with van der Waals surface area (Å²) in [5.41, 5.74) is 3.39. The summed E-state index contributed by atoms with van der Waals surface area (Å²) in [7, 11) is 0. The monoisotopic (exact) mass is 421 g/mol. The van der Waals surface area contributed by atoms with E-state index in [0.717, 1.165) is 30.5 Å². The van der Waals surface area contributed by atoms with Crippen molar-refractivity contribution in [2.45, 2.75) is 44.8 Å². The summed E-state index contributed by atoms with van der Waals surface area (Å²) in [6, 6.07) is 18.5. The summed E-state index contributed by atoms with van der Waals surface area (Å²) in [6.45, 7) is 6.47. The summed E-state index contributed by atoms with van der Waals surface area (Å²) < 4.78 is 10.2. The highest BCUT2D eigenvalue weighted by atomic mass is 16.7. The molecule has 0 bridgehead atoms. The number of likely N-dealkylation sites (tertiary alicyclic amines) is 1. The van der Waals surface area contributed by atoms with E-state index in [2.05, 4.69) is 53.2 Å². The van der Waals surface area contributed by atoms with Crippen molar-refractivity contribution in [1.82, 2.24) is 15.0 Å². The molecule has 7 nitrogen and oxygen atoms in total. The Labute approximate surface area is 181 Å². The van der Waals surface area contributed by atoms with Gasteiger partial charge >= 0.3 is 6.16 Å². The Balaban J connectivity index is 1.30. The quantitative estimate of drug-likeness (QED) is 0.535. The summed E-state index contributed by atoms with van der Waals surface area (Å²) in [6.07, 6.45) is 0.208. The van der Waals surface area contributed by atoms with Crippen LogP contribution in [-0.2, 0) is 23.1 Å². The Kier molecular flexibility index (Phi) is 6.04. The third-order valence-electron chi connectivity index (χ3n) is 5.80. The maximum Gasteiger partial charge on any atom is 0.506 e. The molecule has 31 heavy (non-hydrogen) atoms. The Morgan fingerprint density at radius 3 is 2.55 bits per heavy atom. The predicted molar refractivity (Wildman–Crippen MR) is 116 cm³/mol. The number of carboxylic acid groups (broad SMARTS) is 1. The van der Waals surface area contributed by atoms with Crippen LogP contribution in [0, 0.1) is 0 Å². The average Bonchev–Trinajstić information content (AvgIpc) is 3.21. The van der Waals surface area contributed by atoms with E-state index < -0.39 is 6.16 Å². The second kappa shape index (κ2) is 8.89. The van der Waals surface area contributed by atoms with Crippen molar-refractivity contribution in [3.8, 4) is 11.4 Å². The molecule has 0 radical (unpaired) electrons. The second-order valence-corrected chi connectivity index (χ2v) is 8.66. The number of benzene rings is 2. The molecule has 1 aliphatic rings. The number of ether oxygens (including phenoxy) is 1.